The summed E-state index contributed by atoms with van der Waals surface area (Å²) in [6.45, 7) is 9.73. The summed E-state index contributed by atoms with van der Waals surface area (Å²) in [5.41, 5.74) is 2.12. The van der Waals surface area contributed by atoms with E-state index in [9.17, 15) is 0 Å². The molecule has 0 fully saturated rings. The van der Waals surface area contributed by atoms with Crippen molar-refractivity contribution in [2.75, 3.05) is 13.1 Å². The van der Waals surface area contributed by atoms with Crippen LogP contribution in [0.3, 0.4) is 0 Å². The zero-order valence-electron chi connectivity index (χ0n) is 9.22. The predicted octanol–water partition coefficient (Wildman–Crippen LogP) is 3.16. The average Bonchev–Trinajstić information content (AvgIpc) is 2.04. The summed E-state index contributed by atoms with van der Waals surface area (Å²) in [5.74, 6) is 0. The van der Waals surface area contributed by atoms with E-state index in [1.165, 1.54) is 0 Å². The van der Waals surface area contributed by atoms with Crippen LogP contribution in [0.25, 0.3) is 0 Å². The van der Waals surface area contributed by atoms with E-state index in [1.807, 2.05) is 37.7 Å². The van der Waals surface area contributed by atoms with Crippen molar-refractivity contribution >= 4 is 38.3 Å². The number of aliphatic imine (C=N–C) groups is 1. The van der Waals surface area contributed by atoms with E-state index < -0.39 is 12.5 Å². The van der Waals surface area contributed by atoms with Crippen molar-refractivity contribution in [1.82, 2.24) is 3.88 Å². The maximum atomic E-state index is 5.95. The number of hydrogen-bond acceptors (Lipinski definition) is 2. The molecule has 0 spiro atoms. The molecule has 0 saturated carbocycles. The topological polar surface area (TPSA) is 15.6 Å². The SMILES string of the molecule is CCN=C(C)/C=C(/C)[N](CC)[Al]([Cl])[Cl]. The van der Waals surface area contributed by atoms with Gasteiger partial charge in [-0.1, -0.05) is 0 Å². The third-order valence-corrected chi connectivity index (χ3v) is 4.51. The molecule has 0 aromatic rings. The minimum atomic E-state index is -1.77. The largest absolute Gasteiger partial charge is 0.674 e. The van der Waals surface area contributed by atoms with E-state index in [0.29, 0.717) is 0 Å². The van der Waals surface area contributed by atoms with Crippen molar-refractivity contribution in [3.63, 3.8) is 0 Å². The third-order valence-electron chi connectivity index (χ3n) is 1.85. The lowest BCUT2D eigenvalue weighted by Gasteiger charge is -2.23. The lowest BCUT2D eigenvalue weighted by Crippen LogP contribution is -2.29. The Bertz CT molecular complexity index is 227. The summed E-state index contributed by atoms with van der Waals surface area (Å²) in [6.07, 6.45) is 2.03. The Kier molecular flexibility index (Phi) is 7.77. The fraction of sp³-hybridized carbons (Fsp3) is 0.667. The van der Waals surface area contributed by atoms with Gasteiger partial charge in [-0.25, -0.2) is 20.1 Å². The molecule has 0 unspecified atom stereocenters. The number of rotatable bonds is 5. The maximum absolute atomic E-state index is 5.95. The first-order chi connectivity index (χ1) is 6.52. The molecular formula is C9H17AlCl2N2. The Morgan fingerprint density at radius 3 is 2.29 bits per heavy atom. The lowest BCUT2D eigenvalue weighted by molar-refractivity contribution is 0.579. The zero-order valence-corrected chi connectivity index (χ0v) is 11.9. The monoisotopic (exact) mass is 250 g/mol. The van der Waals surface area contributed by atoms with Crippen LogP contribution in [0.4, 0.5) is 0 Å². The van der Waals surface area contributed by atoms with Crippen molar-refractivity contribution in [3.8, 4) is 0 Å². The van der Waals surface area contributed by atoms with Crippen molar-refractivity contribution in [2.24, 2.45) is 4.99 Å². The Balaban J connectivity index is 4.56. The molecule has 0 N–H and O–H groups in total. The van der Waals surface area contributed by atoms with Crippen LogP contribution in [0.15, 0.2) is 16.8 Å². The molecule has 5 heteroatoms. The third kappa shape index (κ3) is 5.26. The Hall–Kier alpha value is 0.322. The smallest absolute Gasteiger partial charge is 0.441 e. The highest BCUT2D eigenvalue weighted by molar-refractivity contribution is 7.32. The molecule has 0 heterocycles. The van der Waals surface area contributed by atoms with E-state index in [-0.39, 0.29) is 0 Å². The summed E-state index contributed by atoms with van der Waals surface area (Å²) in [5, 5.41) is 0. The van der Waals surface area contributed by atoms with Crippen LogP contribution in [0.5, 0.6) is 0 Å². The van der Waals surface area contributed by atoms with Crippen LogP contribution in [-0.4, -0.2) is 35.2 Å². The van der Waals surface area contributed by atoms with Gasteiger partial charge in [-0.2, -0.15) is 0 Å². The number of nitrogens with zero attached hydrogens (tertiary/aromatic N) is 2. The standard InChI is InChI=1S/C9H17N2.Al.2ClH/c1-5-10-8(3)7-9(4)11-6-2;;;/h7H,5-6H2,1-4H3;;2*1H/q-1;+3;;/p-2/b8-7-,11-9?;;;. The summed E-state index contributed by atoms with van der Waals surface area (Å²) >= 11 is -1.77. The van der Waals surface area contributed by atoms with E-state index in [1.54, 1.807) is 0 Å². The first-order valence-corrected chi connectivity index (χ1v) is 8.77. The molecule has 0 aliphatic heterocycles. The summed E-state index contributed by atoms with van der Waals surface area (Å²) in [6, 6.07) is 0. The minimum Gasteiger partial charge on any atom is -0.441 e. The van der Waals surface area contributed by atoms with E-state index >= 15 is 0 Å². The molecule has 0 rings (SSSR count). The zero-order chi connectivity index (χ0) is 11.1. The van der Waals surface area contributed by atoms with Gasteiger partial charge < -0.3 is 3.88 Å². The molecule has 80 valence electrons. The van der Waals surface area contributed by atoms with Gasteiger partial charge in [0.15, 0.2) is 0 Å². The van der Waals surface area contributed by atoms with Crippen molar-refractivity contribution in [2.45, 2.75) is 27.7 Å². The van der Waals surface area contributed by atoms with Crippen LogP contribution in [0.1, 0.15) is 27.7 Å². The van der Waals surface area contributed by atoms with Crippen LogP contribution < -0.4 is 0 Å². The Morgan fingerprint density at radius 1 is 1.36 bits per heavy atom. The fourth-order valence-corrected chi connectivity index (χ4v) is 3.63. The molecule has 0 aliphatic carbocycles. The molecule has 0 aromatic carbocycles. The molecule has 0 saturated heterocycles. The van der Waals surface area contributed by atoms with Crippen molar-refractivity contribution in [1.29, 1.82) is 0 Å². The highest BCUT2D eigenvalue weighted by Crippen LogP contribution is 2.12. The van der Waals surface area contributed by atoms with Gasteiger partial charge in [-0.15, -0.1) is 0 Å². The summed E-state index contributed by atoms with van der Waals surface area (Å²) < 4.78 is 2.04. The van der Waals surface area contributed by atoms with Gasteiger partial charge in [0.25, 0.3) is 0 Å². The maximum Gasteiger partial charge on any atom is 0.674 e. The lowest BCUT2D eigenvalue weighted by atomic mass is 10.3. The van der Waals surface area contributed by atoms with Gasteiger partial charge in [-0.3, -0.25) is 4.99 Å². The first kappa shape index (κ1) is 14.3. The highest BCUT2D eigenvalue weighted by atomic mass is 35.7. The van der Waals surface area contributed by atoms with Gasteiger partial charge >= 0.3 is 12.5 Å². The second-order valence-corrected chi connectivity index (χ2v) is 7.29. The second kappa shape index (κ2) is 7.59. The van der Waals surface area contributed by atoms with E-state index in [4.69, 9.17) is 20.1 Å². The van der Waals surface area contributed by atoms with Crippen LogP contribution in [0, 0.1) is 0 Å². The first-order valence-electron chi connectivity index (χ1n) is 4.77. The molecule has 2 nitrogen and oxygen atoms in total. The summed E-state index contributed by atoms with van der Waals surface area (Å²) in [4.78, 5) is 4.28. The van der Waals surface area contributed by atoms with Crippen molar-refractivity contribution in [3.05, 3.63) is 11.8 Å². The van der Waals surface area contributed by atoms with E-state index in [2.05, 4.69) is 4.99 Å². The predicted molar refractivity (Wildman–Crippen MR) is 67.2 cm³/mol. The van der Waals surface area contributed by atoms with Crippen LogP contribution in [0.2, 0.25) is 0 Å². The van der Waals surface area contributed by atoms with Crippen LogP contribution >= 0.6 is 20.1 Å². The molecule has 0 aliphatic rings. The molecule has 0 atom stereocenters. The Morgan fingerprint density at radius 2 is 1.93 bits per heavy atom. The normalized spacial score (nSPS) is 13.0. The average molecular weight is 251 g/mol. The van der Waals surface area contributed by atoms with Gasteiger partial charge in [0, 0.05) is 12.3 Å². The van der Waals surface area contributed by atoms with Gasteiger partial charge in [-0.05, 0) is 46.0 Å². The quantitative estimate of drug-likeness (QED) is 0.541. The molecule has 14 heavy (non-hydrogen) atoms. The minimum absolute atomic E-state index is 0.810. The van der Waals surface area contributed by atoms with E-state index in [0.717, 1.165) is 24.5 Å². The highest BCUT2D eigenvalue weighted by Gasteiger charge is 2.22. The molecule has 0 amide bonds. The van der Waals surface area contributed by atoms with Gasteiger partial charge in [0.05, 0.1) is 0 Å². The van der Waals surface area contributed by atoms with Gasteiger partial charge in [0.1, 0.15) is 0 Å². The Labute approximate surface area is 99.6 Å². The molecule has 0 aromatic heterocycles. The van der Waals surface area contributed by atoms with Gasteiger partial charge in [0.2, 0.25) is 0 Å². The number of allylic oxidation sites excluding steroid dienone is 2. The second-order valence-electron chi connectivity index (χ2n) is 2.97. The van der Waals surface area contributed by atoms with Crippen molar-refractivity contribution < 1.29 is 0 Å². The number of halogens is 2. The molecule has 0 bridgehead atoms. The molecule has 0 radical (unpaired) electrons. The van der Waals surface area contributed by atoms with Crippen LogP contribution in [-0.2, 0) is 0 Å². The molecular weight excluding hydrogens is 234 g/mol. The number of hydrogen-bond donors (Lipinski definition) is 0. The fourth-order valence-electron chi connectivity index (χ4n) is 1.22. The summed E-state index contributed by atoms with van der Waals surface area (Å²) in [7, 11) is 11.9.